The molecule has 1 saturated carbocycles. The highest BCUT2D eigenvalue weighted by Gasteiger charge is 2.29. The van der Waals surface area contributed by atoms with Crippen molar-refractivity contribution in [3.05, 3.63) is 17.5 Å². The summed E-state index contributed by atoms with van der Waals surface area (Å²) in [6.07, 6.45) is 7.23. The SMILES string of the molecule is O=S(=O)(NC1CCN(C2CCCC2)CC1)c1cccs1. The molecule has 1 aliphatic carbocycles. The molecular formula is C14H22N2O2S2. The second-order valence-corrected chi connectivity index (χ2v) is 8.69. The third-order valence-electron chi connectivity index (χ3n) is 4.45. The van der Waals surface area contributed by atoms with Crippen molar-refractivity contribution in [3.63, 3.8) is 0 Å². The topological polar surface area (TPSA) is 49.4 Å². The highest BCUT2D eigenvalue weighted by Crippen LogP contribution is 2.26. The third kappa shape index (κ3) is 3.24. The normalized spacial score (nSPS) is 23.4. The van der Waals surface area contributed by atoms with Crippen LogP contribution in [0.4, 0.5) is 0 Å². The van der Waals surface area contributed by atoms with Crippen molar-refractivity contribution in [1.29, 1.82) is 0 Å². The van der Waals surface area contributed by atoms with Gasteiger partial charge in [-0.25, -0.2) is 13.1 Å². The van der Waals surface area contributed by atoms with E-state index in [1.165, 1.54) is 37.0 Å². The van der Waals surface area contributed by atoms with Crippen LogP contribution in [0.2, 0.25) is 0 Å². The second-order valence-electron chi connectivity index (χ2n) is 5.80. The molecule has 4 nitrogen and oxygen atoms in total. The van der Waals surface area contributed by atoms with Crippen LogP contribution in [0, 0.1) is 0 Å². The summed E-state index contributed by atoms with van der Waals surface area (Å²) >= 11 is 1.28. The molecule has 2 fully saturated rings. The number of nitrogens with one attached hydrogen (secondary N) is 1. The highest BCUT2D eigenvalue weighted by molar-refractivity contribution is 7.91. The van der Waals surface area contributed by atoms with Gasteiger partial charge in [-0.05, 0) is 50.2 Å². The van der Waals surface area contributed by atoms with Crippen LogP contribution in [0.3, 0.4) is 0 Å². The first-order chi connectivity index (χ1) is 9.65. The van der Waals surface area contributed by atoms with Crippen molar-refractivity contribution >= 4 is 21.4 Å². The fraction of sp³-hybridized carbons (Fsp3) is 0.714. The van der Waals surface area contributed by atoms with E-state index in [-0.39, 0.29) is 6.04 Å². The van der Waals surface area contributed by atoms with Gasteiger partial charge in [0.15, 0.2) is 0 Å². The molecule has 3 rings (SSSR count). The molecular weight excluding hydrogens is 292 g/mol. The zero-order valence-electron chi connectivity index (χ0n) is 11.6. The third-order valence-corrected chi connectivity index (χ3v) is 7.37. The Kier molecular flexibility index (Phi) is 4.45. The lowest BCUT2D eigenvalue weighted by Gasteiger charge is -2.36. The number of likely N-dealkylation sites (tertiary alicyclic amines) is 1. The van der Waals surface area contributed by atoms with Crippen LogP contribution in [0.5, 0.6) is 0 Å². The molecule has 0 unspecified atom stereocenters. The summed E-state index contributed by atoms with van der Waals surface area (Å²) < 4.78 is 27.7. The Balaban J connectivity index is 1.53. The highest BCUT2D eigenvalue weighted by atomic mass is 32.2. The Hall–Kier alpha value is -0.430. The van der Waals surface area contributed by atoms with E-state index in [0.717, 1.165) is 32.0 Å². The van der Waals surface area contributed by atoms with Gasteiger partial charge in [-0.3, -0.25) is 0 Å². The number of hydrogen-bond acceptors (Lipinski definition) is 4. The van der Waals surface area contributed by atoms with E-state index in [4.69, 9.17) is 0 Å². The van der Waals surface area contributed by atoms with Gasteiger partial charge in [0.25, 0.3) is 0 Å². The largest absolute Gasteiger partial charge is 0.300 e. The molecule has 0 radical (unpaired) electrons. The molecule has 2 heterocycles. The first kappa shape index (κ1) is 14.5. The van der Waals surface area contributed by atoms with Crippen molar-refractivity contribution in [2.75, 3.05) is 13.1 Å². The van der Waals surface area contributed by atoms with Gasteiger partial charge in [0.1, 0.15) is 4.21 Å². The summed E-state index contributed by atoms with van der Waals surface area (Å²) in [5.74, 6) is 0. The van der Waals surface area contributed by atoms with Gasteiger partial charge in [-0.1, -0.05) is 18.9 Å². The molecule has 0 atom stereocenters. The van der Waals surface area contributed by atoms with E-state index in [9.17, 15) is 8.42 Å². The van der Waals surface area contributed by atoms with Crippen LogP contribution >= 0.6 is 11.3 Å². The molecule has 0 bridgehead atoms. The van der Waals surface area contributed by atoms with E-state index < -0.39 is 10.0 Å². The zero-order valence-corrected chi connectivity index (χ0v) is 13.3. The number of rotatable bonds is 4. The van der Waals surface area contributed by atoms with Crippen LogP contribution in [-0.4, -0.2) is 38.5 Å². The van der Waals surface area contributed by atoms with E-state index in [1.54, 1.807) is 17.5 Å². The molecule has 2 aliphatic rings. The van der Waals surface area contributed by atoms with Crippen LogP contribution in [0.1, 0.15) is 38.5 Å². The van der Waals surface area contributed by atoms with Gasteiger partial charge >= 0.3 is 0 Å². The van der Waals surface area contributed by atoms with Crippen molar-refractivity contribution in [3.8, 4) is 0 Å². The van der Waals surface area contributed by atoms with Crippen LogP contribution in [0.25, 0.3) is 0 Å². The van der Waals surface area contributed by atoms with Crippen molar-refractivity contribution < 1.29 is 8.42 Å². The maximum absolute atomic E-state index is 12.2. The predicted octanol–water partition coefficient (Wildman–Crippen LogP) is 2.43. The zero-order chi connectivity index (χ0) is 14.0. The van der Waals surface area contributed by atoms with Crippen molar-refractivity contribution in [2.24, 2.45) is 0 Å². The number of nitrogens with zero attached hydrogens (tertiary/aromatic N) is 1. The van der Waals surface area contributed by atoms with Crippen molar-refractivity contribution in [1.82, 2.24) is 9.62 Å². The lowest BCUT2D eigenvalue weighted by molar-refractivity contribution is 0.151. The van der Waals surface area contributed by atoms with E-state index in [2.05, 4.69) is 9.62 Å². The summed E-state index contributed by atoms with van der Waals surface area (Å²) in [4.78, 5) is 2.56. The maximum atomic E-state index is 12.2. The molecule has 1 N–H and O–H groups in total. The van der Waals surface area contributed by atoms with E-state index in [0.29, 0.717) is 4.21 Å². The van der Waals surface area contributed by atoms with Gasteiger partial charge in [0.05, 0.1) is 0 Å². The molecule has 1 aromatic rings. The van der Waals surface area contributed by atoms with Gasteiger partial charge in [0.2, 0.25) is 10.0 Å². The summed E-state index contributed by atoms with van der Waals surface area (Å²) in [7, 11) is -3.30. The Morgan fingerprint density at radius 1 is 1.15 bits per heavy atom. The Labute approximate surface area is 125 Å². The van der Waals surface area contributed by atoms with Gasteiger partial charge in [-0.2, -0.15) is 0 Å². The van der Waals surface area contributed by atoms with Gasteiger partial charge in [0, 0.05) is 12.1 Å². The molecule has 1 aromatic heterocycles. The Bertz CT molecular complexity index is 513. The predicted molar refractivity (Wildman–Crippen MR) is 81.5 cm³/mol. The van der Waals surface area contributed by atoms with Crippen molar-refractivity contribution in [2.45, 2.75) is 54.8 Å². The Morgan fingerprint density at radius 3 is 2.45 bits per heavy atom. The summed E-state index contributed by atoms with van der Waals surface area (Å²) in [6.45, 7) is 2.06. The van der Waals surface area contributed by atoms with Gasteiger partial charge in [-0.15, -0.1) is 11.3 Å². The summed E-state index contributed by atoms with van der Waals surface area (Å²) in [5, 5.41) is 1.80. The average molecular weight is 314 g/mol. The number of sulfonamides is 1. The molecule has 6 heteroatoms. The number of hydrogen-bond donors (Lipinski definition) is 1. The van der Waals surface area contributed by atoms with Crippen LogP contribution in [0.15, 0.2) is 21.7 Å². The molecule has 1 aliphatic heterocycles. The van der Waals surface area contributed by atoms with E-state index >= 15 is 0 Å². The van der Waals surface area contributed by atoms with Gasteiger partial charge < -0.3 is 4.90 Å². The fourth-order valence-corrected chi connectivity index (χ4v) is 5.66. The van der Waals surface area contributed by atoms with Crippen LogP contribution in [-0.2, 0) is 10.0 Å². The second kappa shape index (κ2) is 6.13. The lowest BCUT2D eigenvalue weighted by atomic mass is 10.0. The monoisotopic (exact) mass is 314 g/mol. The number of piperidine rings is 1. The summed E-state index contributed by atoms with van der Waals surface area (Å²) in [5.41, 5.74) is 0. The minimum absolute atomic E-state index is 0.0970. The van der Waals surface area contributed by atoms with E-state index in [1.807, 2.05) is 0 Å². The molecule has 1 saturated heterocycles. The fourth-order valence-electron chi connectivity index (χ4n) is 3.35. The molecule has 20 heavy (non-hydrogen) atoms. The first-order valence-electron chi connectivity index (χ1n) is 7.45. The minimum atomic E-state index is -3.30. The molecule has 112 valence electrons. The first-order valence-corrected chi connectivity index (χ1v) is 9.81. The Morgan fingerprint density at radius 2 is 1.85 bits per heavy atom. The molecule has 0 spiro atoms. The van der Waals surface area contributed by atoms with Crippen LogP contribution < -0.4 is 4.72 Å². The quantitative estimate of drug-likeness (QED) is 0.928. The standard InChI is InChI=1S/C14H22N2O2S2/c17-20(18,14-6-3-11-19-14)15-12-7-9-16(10-8-12)13-4-1-2-5-13/h3,6,11-13,15H,1-2,4-5,7-10H2. The molecule has 0 amide bonds. The molecule has 0 aromatic carbocycles. The maximum Gasteiger partial charge on any atom is 0.250 e. The average Bonchev–Trinajstić information content (AvgIpc) is 3.13. The lowest BCUT2D eigenvalue weighted by Crippen LogP contribution is -2.47. The minimum Gasteiger partial charge on any atom is -0.300 e. The summed E-state index contributed by atoms with van der Waals surface area (Å²) in [6, 6.07) is 4.30. The number of thiophene rings is 1. The smallest absolute Gasteiger partial charge is 0.250 e.